The number of aliphatic imine (C=N–C) groups is 1. The van der Waals surface area contributed by atoms with Crippen LogP contribution in [0.1, 0.15) is 11.1 Å². The smallest absolute Gasteiger partial charge is 0.117 e. The van der Waals surface area contributed by atoms with Crippen LogP contribution in [0.4, 0.5) is 5.82 Å². The molecule has 0 bridgehead atoms. The van der Waals surface area contributed by atoms with Crippen molar-refractivity contribution in [1.82, 2.24) is 9.13 Å². The number of nitrogens with zero attached hydrogens (tertiary/aromatic N) is 3. The fourth-order valence-corrected chi connectivity index (χ4v) is 7.21. The molecule has 0 aliphatic carbocycles. The molecule has 0 saturated carbocycles. The lowest BCUT2D eigenvalue weighted by Crippen LogP contribution is -2.10. The Kier molecular flexibility index (Phi) is 6.65. The van der Waals surface area contributed by atoms with Gasteiger partial charge < -0.3 is 14.9 Å². The molecular formula is C44H32N4. The van der Waals surface area contributed by atoms with Crippen LogP contribution in [-0.2, 0) is 6.67 Å². The van der Waals surface area contributed by atoms with Crippen LogP contribution in [0.15, 0.2) is 175 Å². The van der Waals surface area contributed by atoms with Gasteiger partial charge in [-0.25, -0.2) is 0 Å². The first-order valence-corrected chi connectivity index (χ1v) is 16.3. The highest BCUT2D eigenvalue weighted by Gasteiger charge is 2.18. The normalized spacial score (nSPS) is 12.0. The number of hydrogen-bond acceptors (Lipinski definition) is 2. The van der Waals surface area contributed by atoms with Crippen LogP contribution < -0.4 is 5.73 Å². The van der Waals surface area contributed by atoms with Crippen molar-refractivity contribution in [3.8, 4) is 16.8 Å². The Hall–Kier alpha value is -6.39. The van der Waals surface area contributed by atoms with Gasteiger partial charge in [0.15, 0.2) is 0 Å². The highest BCUT2D eigenvalue weighted by molar-refractivity contribution is 6.21. The van der Waals surface area contributed by atoms with Crippen molar-refractivity contribution >= 4 is 54.9 Å². The van der Waals surface area contributed by atoms with Crippen LogP contribution in [0.2, 0.25) is 0 Å². The molecule has 7 aromatic carbocycles. The van der Waals surface area contributed by atoms with E-state index in [1.165, 1.54) is 37.9 Å². The average Bonchev–Trinajstić information content (AvgIpc) is 3.69. The van der Waals surface area contributed by atoms with Gasteiger partial charge in [0.25, 0.3) is 0 Å². The number of benzene rings is 7. The first-order valence-electron chi connectivity index (χ1n) is 16.3. The zero-order chi connectivity index (χ0) is 32.0. The second-order valence-corrected chi connectivity index (χ2v) is 12.2. The van der Waals surface area contributed by atoms with Crippen molar-refractivity contribution < 1.29 is 0 Å². The van der Waals surface area contributed by atoms with E-state index in [9.17, 15) is 0 Å². The molecule has 9 rings (SSSR count). The lowest BCUT2D eigenvalue weighted by molar-refractivity contribution is 0.793. The molecule has 0 spiro atoms. The Morgan fingerprint density at radius 3 is 2.10 bits per heavy atom. The van der Waals surface area contributed by atoms with Gasteiger partial charge in [-0.2, -0.15) is 0 Å². The van der Waals surface area contributed by atoms with E-state index in [1.807, 2.05) is 29.0 Å². The molecule has 0 unspecified atom stereocenters. The zero-order valence-electron chi connectivity index (χ0n) is 26.3. The summed E-state index contributed by atoms with van der Waals surface area (Å²) in [6, 6.07) is 57.7. The highest BCUT2D eigenvalue weighted by Crippen LogP contribution is 2.35. The van der Waals surface area contributed by atoms with Crippen molar-refractivity contribution in [1.29, 1.82) is 0 Å². The predicted molar refractivity (Wildman–Crippen MR) is 202 cm³/mol. The summed E-state index contributed by atoms with van der Waals surface area (Å²) in [5.41, 5.74) is 15.4. The molecule has 0 fully saturated rings. The average molecular weight is 617 g/mol. The minimum atomic E-state index is 0.437. The molecule has 0 aliphatic rings. The largest absolute Gasteiger partial charge is 0.384 e. The quantitative estimate of drug-likeness (QED) is 0.186. The van der Waals surface area contributed by atoms with Gasteiger partial charge >= 0.3 is 0 Å². The van der Waals surface area contributed by atoms with E-state index in [0.29, 0.717) is 12.5 Å². The van der Waals surface area contributed by atoms with Crippen molar-refractivity contribution in [2.45, 2.75) is 6.67 Å². The highest BCUT2D eigenvalue weighted by atomic mass is 15.1. The molecule has 0 aliphatic heterocycles. The van der Waals surface area contributed by atoms with Crippen LogP contribution in [0, 0.1) is 0 Å². The summed E-state index contributed by atoms with van der Waals surface area (Å²) in [5, 5.41) is 7.42. The maximum absolute atomic E-state index is 6.96. The Balaban J connectivity index is 1.24. The van der Waals surface area contributed by atoms with E-state index in [-0.39, 0.29) is 0 Å². The fourth-order valence-electron chi connectivity index (χ4n) is 7.21. The number of aromatic nitrogens is 2. The van der Waals surface area contributed by atoms with Gasteiger partial charge in [0.2, 0.25) is 0 Å². The van der Waals surface area contributed by atoms with Gasteiger partial charge in [0, 0.05) is 33.8 Å². The molecule has 0 amide bonds. The Morgan fingerprint density at radius 2 is 1.25 bits per heavy atom. The molecule has 228 valence electrons. The van der Waals surface area contributed by atoms with E-state index >= 15 is 0 Å². The van der Waals surface area contributed by atoms with Crippen LogP contribution in [0.25, 0.3) is 60.2 Å². The SMILES string of the molecule is Nc1c(/C(=N\Cn2c3ccccc3c3c4ccccc4ccc32)c2cccc(-c3cccc4ccccc34)c2)ccn1-c1ccccc1. The van der Waals surface area contributed by atoms with Gasteiger partial charge in [-0.05, 0) is 69.1 Å². The zero-order valence-corrected chi connectivity index (χ0v) is 26.3. The number of para-hydroxylation sites is 2. The van der Waals surface area contributed by atoms with Crippen molar-refractivity contribution in [3.63, 3.8) is 0 Å². The molecule has 48 heavy (non-hydrogen) atoms. The van der Waals surface area contributed by atoms with E-state index < -0.39 is 0 Å². The summed E-state index contributed by atoms with van der Waals surface area (Å²) in [7, 11) is 0. The Morgan fingerprint density at radius 1 is 0.562 bits per heavy atom. The first-order chi connectivity index (χ1) is 23.7. The molecule has 0 atom stereocenters. The number of nitrogen functional groups attached to an aromatic ring is 1. The second-order valence-electron chi connectivity index (χ2n) is 12.2. The van der Waals surface area contributed by atoms with Gasteiger partial charge in [0.1, 0.15) is 12.5 Å². The predicted octanol–water partition coefficient (Wildman–Crippen LogP) is 10.6. The summed E-state index contributed by atoms with van der Waals surface area (Å²) in [5.74, 6) is 0.656. The van der Waals surface area contributed by atoms with Crippen molar-refractivity contribution in [2.75, 3.05) is 5.73 Å². The molecule has 4 nitrogen and oxygen atoms in total. The van der Waals surface area contributed by atoms with Crippen LogP contribution in [-0.4, -0.2) is 14.8 Å². The summed E-state index contributed by atoms with van der Waals surface area (Å²) < 4.78 is 4.36. The topological polar surface area (TPSA) is 48.2 Å². The Bertz CT molecular complexity index is 2650. The van der Waals surface area contributed by atoms with E-state index in [2.05, 4.69) is 150 Å². The molecule has 2 N–H and O–H groups in total. The number of anilines is 1. The second kappa shape index (κ2) is 11.4. The fraction of sp³-hybridized carbons (Fsp3) is 0.0227. The van der Waals surface area contributed by atoms with Gasteiger partial charge in [0.05, 0.1) is 16.7 Å². The lowest BCUT2D eigenvalue weighted by Gasteiger charge is -2.13. The summed E-state index contributed by atoms with van der Waals surface area (Å²) >= 11 is 0. The Labute approximate surface area is 278 Å². The van der Waals surface area contributed by atoms with Crippen molar-refractivity contribution in [3.05, 3.63) is 181 Å². The van der Waals surface area contributed by atoms with Gasteiger partial charge in [-0.15, -0.1) is 0 Å². The summed E-state index contributed by atoms with van der Waals surface area (Å²) in [6.07, 6.45) is 2.04. The van der Waals surface area contributed by atoms with Gasteiger partial charge in [-0.1, -0.05) is 127 Å². The van der Waals surface area contributed by atoms with Crippen LogP contribution >= 0.6 is 0 Å². The monoisotopic (exact) mass is 616 g/mol. The molecule has 0 saturated heterocycles. The third-order valence-corrected chi connectivity index (χ3v) is 9.48. The molecule has 4 heteroatoms. The lowest BCUT2D eigenvalue weighted by atomic mass is 9.95. The van der Waals surface area contributed by atoms with Crippen molar-refractivity contribution in [2.24, 2.45) is 4.99 Å². The maximum Gasteiger partial charge on any atom is 0.117 e. The number of hydrogen-bond donors (Lipinski definition) is 1. The van der Waals surface area contributed by atoms with Crippen LogP contribution in [0.5, 0.6) is 0 Å². The number of nitrogens with two attached hydrogens (primary N) is 1. The third kappa shape index (κ3) is 4.57. The third-order valence-electron chi connectivity index (χ3n) is 9.48. The van der Waals surface area contributed by atoms with E-state index in [1.54, 1.807) is 0 Å². The van der Waals surface area contributed by atoms with Gasteiger partial charge in [-0.3, -0.25) is 4.99 Å². The molecule has 9 aromatic rings. The maximum atomic E-state index is 6.96. The van der Waals surface area contributed by atoms with Crippen LogP contribution in [0.3, 0.4) is 0 Å². The number of fused-ring (bicyclic) bond motifs is 6. The standard InChI is InChI=1S/C44H32N4/c45-44-39(26-27-47(44)34-17-2-1-3-18-34)43(33-16-10-15-32(28-33)36-22-11-14-30-12-4-6-19-35(30)36)46-29-48-40-23-9-8-21-38(40)42-37-20-7-5-13-31(37)24-25-41(42)48/h1-28H,29,45H2/b46-43-. The minimum absolute atomic E-state index is 0.437. The van der Waals surface area contributed by atoms with E-state index in [4.69, 9.17) is 10.7 Å². The molecular weight excluding hydrogens is 585 g/mol. The van der Waals surface area contributed by atoms with E-state index in [0.717, 1.165) is 39.1 Å². The molecule has 0 radical (unpaired) electrons. The minimum Gasteiger partial charge on any atom is -0.384 e. The molecule has 2 heterocycles. The summed E-state index contributed by atoms with van der Waals surface area (Å²) in [6.45, 7) is 0.437. The molecule has 2 aromatic heterocycles. The first kappa shape index (κ1) is 27.9. The number of rotatable bonds is 6. The summed E-state index contributed by atoms with van der Waals surface area (Å²) in [4.78, 5) is 5.44.